The zero-order valence-corrected chi connectivity index (χ0v) is 23.5. The van der Waals surface area contributed by atoms with E-state index in [1.54, 1.807) is 0 Å². The van der Waals surface area contributed by atoms with Crippen LogP contribution in [-0.4, -0.2) is 28.3 Å². The molecule has 0 radical (unpaired) electrons. The van der Waals surface area contributed by atoms with E-state index in [9.17, 15) is 0 Å². The summed E-state index contributed by atoms with van der Waals surface area (Å²) in [4.78, 5) is 8.98. The molecule has 0 spiro atoms. The van der Waals surface area contributed by atoms with Gasteiger partial charge in [-0.25, -0.2) is 0 Å². The molecular weight excluding hydrogens is 535 g/mol. The van der Waals surface area contributed by atoms with Crippen molar-refractivity contribution in [2.45, 2.75) is 38.9 Å². The van der Waals surface area contributed by atoms with E-state index in [-0.39, 0.29) is 18.3 Å². The summed E-state index contributed by atoms with van der Waals surface area (Å²) in [6.07, 6.45) is 3.67. The highest BCUT2D eigenvalue weighted by atomic mass is 79.9. The molecule has 0 atom stereocenters. The lowest BCUT2D eigenvalue weighted by atomic mass is 9.75. The van der Waals surface area contributed by atoms with E-state index >= 15 is 0 Å². The van der Waals surface area contributed by atoms with Crippen LogP contribution in [0.3, 0.4) is 0 Å². The van der Waals surface area contributed by atoms with E-state index in [2.05, 4.69) is 102 Å². The maximum atomic E-state index is 6.26. The largest absolute Gasteiger partial charge is 0.495 e. The van der Waals surface area contributed by atoms with Crippen LogP contribution in [0.2, 0.25) is 0 Å². The fraction of sp³-hybridized carbons (Fsp3) is 0.188. The van der Waals surface area contributed by atoms with Gasteiger partial charge < -0.3 is 9.31 Å². The van der Waals surface area contributed by atoms with Gasteiger partial charge in [-0.3, -0.25) is 9.97 Å². The summed E-state index contributed by atoms with van der Waals surface area (Å²) in [5, 5.41) is 6.96. The van der Waals surface area contributed by atoms with E-state index in [1.165, 1.54) is 16.2 Å². The second kappa shape index (κ2) is 9.46. The van der Waals surface area contributed by atoms with Gasteiger partial charge in [0.05, 0.1) is 22.2 Å². The second-order valence-electron chi connectivity index (χ2n) is 10.7. The maximum absolute atomic E-state index is 6.26. The summed E-state index contributed by atoms with van der Waals surface area (Å²) in [5.74, 6) is 0. The van der Waals surface area contributed by atoms with Gasteiger partial charge in [0.15, 0.2) is 0 Å². The van der Waals surface area contributed by atoms with Gasteiger partial charge in [-0.05, 0) is 62.1 Å². The lowest BCUT2D eigenvalue weighted by molar-refractivity contribution is 0.00578. The Hall–Kier alpha value is -3.32. The number of pyridine rings is 2. The fourth-order valence-electron chi connectivity index (χ4n) is 4.98. The Morgan fingerprint density at radius 2 is 1.08 bits per heavy atom. The van der Waals surface area contributed by atoms with Crippen molar-refractivity contribution >= 4 is 71.9 Å². The van der Waals surface area contributed by atoms with Crippen LogP contribution in [0.4, 0.5) is 0 Å². The van der Waals surface area contributed by atoms with E-state index in [4.69, 9.17) is 9.31 Å². The van der Waals surface area contributed by atoms with E-state index in [0.29, 0.717) is 0 Å². The van der Waals surface area contributed by atoms with Crippen LogP contribution < -0.4 is 5.46 Å². The van der Waals surface area contributed by atoms with Crippen LogP contribution in [-0.2, 0) is 9.31 Å². The monoisotopic (exact) mass is 562 g/mol. The average molecular weight is 563 g/mol. The smallest absolute Gasteiger partial charge is 0.399 e. The number of rotatable bonds is 1. The quantitative estimate of drug-likeness (QED) is 0.151. The summed E-state index contributed by atoms with van der Waals surface area (Å²) in [6.45, 7) is 8.32. The van der Waals surface area contributed by atoms with E-state index < -0.39 is 0 Å². The minimum absolute atomic E-state index is 0.345. The lowest BCUT2D eigenvalue weighted by Gasteiger charge is -2.32. The third-order valence-corrected chi connectivity index (χ3v) is 8.37. The Kier molecular flexibility index (Phi) is 6.22. The van der Waals surface area contributed by atoms with Crippen molar-refractivity contribution in [3.8, 4) is 0 Å². The molecule has 1 aliphatic heterocycles. The zero-order valence-electron chi connectivity index (χ0n) is 21.9. The SMILES string of the molecule is Brc1cc2cccnc2c2ccccc12.CC1(C)OB(c2cc3cccnc3c3ccccc23)OC1(C)C. The first-order valence-corrected chi connectivity index (χ1v) is 13.6. The fourth-order valence-corrected chi connectivity index (χ4v) is 5.57. The summed E-state index contributed by atoms with van der Waals surface area (Å²) >= 11 is 3.59. The molecule has 38 heavy (non-hydrogen) atoms. The molecule has 1 fully saturated rings. The first-order valence-electron chi connectivity index (χ1n) is 12.8. The molecule has 4 nitrogen and oxygen atoms in total. The molecule has 3 heterocycles. The van der Waals surface area contributed by atoms with Crippen molar-refractivity contribution < 1.29 is 9.31 Å². The van der Waals surface area contributed by atoms with Gasteiger partial charge in [-0.2, -0.15) is 0 Å². The molecule has 0 bridgehead atoms. The number of aromatic nitrogens is 2. The highest BCUT2D eigenvalue weighted by molar-refractivity contribution is 9.10. The van der Waals surface area contributed by atoms with Crippen LogP contribution in [0.5, 0.6) is 0 Å². The maximum Gasteiger partial charge on any atom is 0.495 e. The van der Waals surface area contributed by atoms with Gasteiger partial charge in [-0.15, -0.1) is 0 Å². The molecule has 7 rings (SSSR count). The molecule has 188 valence electrons. The molecule has 2 aromatic heterocycles. The average Bonchev–Trinajstić information content (AvgIpc) is 3.15. The van der Waals surface area contributed by atoms with Crippen LogP contribution in [0.25, 0.3) is 43.4 Å². The third kappa shape index (κ3) is 4.27. The number of fused-ring (bicyclic) bond motifs is 6. The molecule has 4 aromatic carbocycles. The Balaban J connectivity index is 0.000000152. The molecule has 0 saturated carbocycles. The molecule has 6 heteroatoms. The normalized spacial score (nSPS) is 16.2. The molecule has 1 aliphatic rings. The first-order chi connectivity index (χ1) is 18.2. The van der Waals surface area contributed by atoms with Gasteiger partial charge >= 0.3 is 7.12 Å². The first kappa shape index (κ1) is 25.0. The van der Waals surface area contributed by atoms with Crippen molar-refractivity contribution in [3.05, 3.63) is 102 Å². The Morgan fingerprint density at radius 3 is 1.66 bits per heavy atom. The number of halogens is 1. The van der Waals surface area contributed by atoms with E-state index in [1.807, 2.05) is 48.8 Å². The topological polar surface area (TPSA) is 44.2 Å². The van der Waals surface area contributed by atoms with Crippen molar-refractivity contribution in [2.24, 2.45) is 0 Å². The minimum atomic E-state index is -0.366. The Morgan fingerprint density at radius 1 is 0.605 bits per heavy atom. The van der Waals surface area contributed by atoms with Crippen LogP contribution in [0.15, 0.2) is 102 Å². The highest BCUT2D eigenvalue weighted by Crippen LogP contribution is 2.37. The van der Waals surface area contributed by atoms with Gasteiger partial charge in [0, 0.05) is 38.4 Å². The van der Waals surface area contributed by atoms with Gasteiger partial charge in [-0.1, -0.05) is 82.7 Å². The number of nitrogens with zero attached hydrogens (tertiary/aromatic N) is 2. The van der Waals surface area contributed by atoms with Crippen LogP contribution in [0.1, 0.15) is 27.7 Å². The highest BCUT2D eigenvalue weighted by Gasteiger charge is 2.52. The molecular formula is C32H28BBrN2O2. The Labute approximate surface area is 231 Å². The van der Waals surface area contributed by atoms with Crippen molar-refractivity contribution in [1.29, 1.82) is 0 Å². The molecule has 0 unspecified atom stereocenters. The van der Waals surface area contributed by atoms with Crippen LogP contribution in [0, 0.1) is 0 Å². The minimum Gasteiger partial charge on any atom is -0.399 e. The van der Waals surface area contributed by atoms with E-state index in [0.717, 1.165) is 37.1 Å². The van der Waals surface area contributed by atoms with Gasteiger partial charge in [0.1, 0.15) is 0 Å². The predicted molar refractivity (Wildman–Crippen MR) is 162 cm³/mol. The summed E-state index contributed by atoms with van der Waals surface area (Å²) in [7, 11) is -0.366. The summed E-state index contributed by atoms with van der Waals surface area (Å²) in [6, 6.07) is 29.0. The second-order valence-corrected chi connectivity index (χ2v) is 11.5. The number of benzene rings is 4. The van der Waals surface area contributed by atoms with Crippen molar-refractivity contribution in [3.63, 3.8) is 0 Å². The van der Waals surface area contributed by atoms with Crippen molar-refractivity contribution in [1.82, 2.24) is 9.97 Å². The molecule has 1 saturated heterocycles. The summed E-state index contributed by atoms with van der Waals surface area (Å²) < 4.78 is 13.7. The third-order valence-electron chi connectivity index (χ3n) is 7.71. The van der Waals surface area contributed by atoms with Crippen LogP contribution >= 0.6 is 15.9 Å². The zero-order chi connectivity index (χ0) is 26.5. The number of hydrogen-bond donors (Lipinski definition) is 0. The summed E-state index contributed by atoms with van der Waals surface area (Å²) in [5.41, 5.74) is 2.46. The molecule has 0 N–H and O–H groups in total. The molecule has 0 aliphatic carbocycles. The predicted octanol–water partition coefficient (Wildman–Crippen LogP) is 7.84. The molecule has 6 aromatic rings. The molecule has 0 amide bonds. The van der Waals surface area contributed by atoms with Crippen molar-refractivity contribution in [2.75, 3.05) is 0 Å². The lowest BCUT2D eigenvalue weighted by Crippen LogP contribution is -2.41. The standard InChI is InChI=1S/C19H20BNO2.C13H8BrN/c1-18(2)19(3,4)23-20(22-18)16-12-13-8-7-11-21-17(13)15-10-6-5-9-14(15)16;14-12-8-9-4-3-7-15-13(9)11-6-2-1-5-10(11)12/h5-12H,1-4H3;1-8H. The number of hydrogen-bond acceptors (Lipinski definition) is 4. The van der Waals surface area contributed by atoms with Gasteiger partial charge in [0.25, 0.3) is 0 Å². The Bertz CT molecular complexity index is 1800. The van der Waals surface area contributed by atoms with Gasteiger partial charge in [0.2, 0.25) is 0 Å².